The van der Waals surface area contributed by atoms with E-state index in [-0.39, 0.29) is 5.60 Å². The van der Waals surface area contributed by atoms with E-state index in [2.05, 4.69) is 39.6 Å². The minimum atomic E-state index is -0.0468. The molecule has 0 radical (unpaired) electrons. The van der Waals surface area contributed by atoms with Crippen LogP contribution >= 0.6 is 0 Å². The smallest absolute Gasteiger partial charge is 0.0629 e. The number of likely N-dealkylation sites (N-methyl/N-ethyl adjacent to an activating group) is 1. The van der Waals surface area contributed by atoms with Crippen LogP contribution in [0.1, 0.15) is 34.1 Å². The first-order chi connectivity index (χ1) is 5.99. The lowest BCUT2D eigenvalue weighted by molar-refractivity contribution is -0.0138. The third kappa shape index (κ3) is 8.00. The molecule has 13 heavy (non-hydrogen) atoms. The molecule has 0 aliphatic carbocycles. The van der Waals surface area contributed by atoms with Gasteiger partial charge in [-0.25, -0.2) is 0 Å². The third-order valence-corrected chi connectivity index (χ3v) is 1.66. The quantitative estimate of drug-likeness (QED) is 0.641. The normalized spacial score (nSPS) is 14.2. The summed E-state index contributed by atoms with van der Waals surface area (Å²) >= 11 is 0. The summed E-state index contributed by atoms with van der Waals surface area (Å²) in [6.45, 7) is 13.8. The summed E-state index contributed by atoms with van der Waals surface area (Å²) < 4.78 is 5.69. The molecule has 0 rings (SSSR count). The van der Waals surface area contributed by atoms with Crippen molar-refractivity contribution in [3.05, 3.63) is 12.7 Å². The zero-order chi connectivity index (χ0) is 10.3. The van der Waals surface area contributed by atoms with Crippen LogP contribution in [0.25, 0.3) is 0 Å². The molecule has 0 amide bonds. The first-order valence-corrected chi connectivity index (χ1v) is 4.98. The molecule has 0 aromatic carbocycles. The van der Waals surface area contributed by atoms with E-state index in [1.807, 2.05) is 6.08 Å². The van der Waals surface area contributed by atoms with Gasteiger partial charge in [-0.1, -0.05) is 13.0 Å². The minimum Gasteiger partial charge on any atom is -0.374 e. The van der Waals surface area contributed by atoms with Crippen molar-refractivity contribution < 1.29 is 4.74 Å². The monoisotopic (exact) mass is 185 g/mol. The van der Waals surface area contributed by atoms with Crippen molar-refractivity contribution in [3.63, 3.8) is 0 Å². The number of rotatable bonds is 6. The summed E-state index contributed by atoms with van der Waals surface area (Å²) in [7, 11) is 0. The van der Waals surface area contributed by atoms with Crippen LogP contribution in [0.4, 0.5) is 0 Å². The maximum absolute atomic E-state index is 5.69. The van der Waals surface area contributed by atoms with Crippen molar-refractivity contribution in [2.24, 2.45) is 0 Å². The van der Waals surface area contributed by atoms with Gasteiger partial charge in [-0.3, -0.25) is 0 Å². The summed E-state index contributed by atoms with van der Waals surface area (Å²) in [4.78, 5) is 0. The van der Waals surface area contributed by atoms with E-state index in [1.54, 1.807) is 0 Å². The second-order valence-electron chi connectivity index (χ2n) is 4.20. The molecule has 1 atom stereocenters. The van der Waals surface area contributed by atoms with Crippen LogP contribution < -0.4 is 5.32 Å². The molecule has 0 heterocycles. The molecule has 2 heteroatoms. The Labute approximate surface area is 82.4 Å². The molecule has 0 aliphatic rings. The number of nitrogens with one attached hydrogen (secondary N) is 1. The zero-order valence-electron chi connectivity index (χ0n) is 9.39. The Morgan fingerprint density at radius 1 is 1.46 bits per heavy atom. The van der Waals surface area contributed by atoms with E-state index in [0.717, 1.165) is 19.6 Å². The maximum atomic E-state index is 5.69. The van der Waals surface area contributed by atoms with Crippen LogP contribution in [0.2, 0.25) is 0 Å². The van der Waals surface area contributed by atoms with Crippen LogP contribution in [0, 0.1) is 0 Å². The Balaban J connectivity index is 3.74. The lowest BCUT2D eigenvalue weighted by atomic mass is 10.1. The van der Waals surface area contributed by atoms with E-state index < -0.39 is 0 Å². The largest absolute Gasteiger partial charge is 0.374 e. The van der Waals surface area contributed by atoms with E-state index in [1.165, 1.54) is 0 Å². The molecular weight excluding hydrogens is 162 g/mol. The second kappa shape index (κ2) is 6.17. The van der Waals surface area contributed by atoms with Crippen LogP contribution in [-0.2, 0) is 4.74 Å². The Kier molecular flexibility index (Phi) is 6.00. The molecular formula is C11H23NO. The molecule has 1 N–H and O–H groups in total. The standard InChI is InChI=1S/C11H23NO/c1-6-8-10(12-7-2)9-13-11(3,4)5/h6,10,12H,1,7-9H2,2-5H3. The van der Waals surface area contributed by atoms with Gasteiger partial charge in [0.05, 0.1) is 12.2 Å². The lowest BCUT2D eigenvalue weighted by Gasteiger charge is -2.24. The van der Waals surface area contributed by atoms with Crippen molar-refractivity contribution >= 4 is 0 Å². The SMILES string of the molecule is C=CCC(COC(C)(C)C)NCC. The summed E-state index contributed by atoms with van der Waals surface area (Å²) in [6.07, 6.45) is 2.89. The van der Waals surface area contributed by atoms with Gasteiger partial charge in [0, 0.05) is 6.04 Å². The molecule has 0 aromatic heterocycles. The third-order valence-electron chi connectivity index (χ3n) is 1.66. The highest BCUT2D eigenvalue weighted by atomic mass is 16.5. The Morgan fingerprint density at radius 2 is 2.08 bits per heavy atom. The summed E-state index contributed by atoms with van der Waals surface area (Å²) in [5.41, 5.74) is -0.0468. The van der Waals surface area contributed by atoms with Crippen LogP contribution in [-0.4, -0.2) is 24.8 Å². The van der Waals surface area contributed by atoms with E-state index in [9.17, 15) is 0 Å². The summed E-state index contributed by atoms with van der Waals surface area (Å²) in [5.74, 6) is 0. The highest BCUT2D eigenvalue weighted by Gasteiger charge is 2.13. The molecule has 1 unspecified atom stereocenters. The number of ether oxygens (including phenoxy) is 1. The van der Waals surface area contributed by atoms with Crippen LogP contribution in [0.5, 0.6) is 0 Å². The first-order valence-electron chi connectivity index (χ1n) is 4.98. The van der Waals surface area contributed by atoms with Crippen molar-refractivity contribution in [3.8, 4) is 0 Å². The van der Waals surface area contributed by atoms with Crippen molar-refractivity contribution in [1.29, 1.82) is 0 Å². The predicted octanol–water partition coefficient (Wildman–Crippen LogP) is 2.36. The van der Waals surface area contributed by atoms with Crippen LogP contribution in [0.3, 0.4) is 0 Å². The zero-order valence-corrected chi connectivity index (χ0v) is 9.39. The maximum Gasteiger partial charge on any atom is 0.0629 e. The minimum absolute atomic E-state index is 0.0468. The molecule has 0 saturated carbocycles. The fourth-order valence-electron chi connectivity index (χ4n) is 1.05. The van der Waals surface area contributed by atoms with Gasteiger partial charge in [-0.15, -0.1) is 6.58 Å². The van der Waals surface area contributed by atoms with E-state index in [0.29, 0.717) is 6.04 Å². The molecule has 0 fully saturated rings. The lowest BCUT2D eigenvalue weighted by Crippen LogP contribution is -2.36. The first kappa shape index (κ1) is 12.7. The fourth-order valence-corrected chi connectivity index (χ4v) is 1.05. The van der Waals surface area contributed by atoms with E-state index in [4.69, 9.17) is 4.74 Å². The van der Waals surface area contributed by atoms with Crippen molar-refractivity contribution in [2.45, 2.75) is 45.8 Å². The summed E-state index contributed by atoms with van der Waals surface area (Å²) in [5, 5.41) is 3.36. The molecule has 0 aliphatic heterocycles. The molecule has 0 aromatic rings. The van der Waals surface area contributed by atoms with Crippen LogP contribution in [0.15, 0.2) is 12.7 Å². The molecule has 78 valence electrons. The van der Waals surface area contributed by atoms with Crippen molar-refractivity contribution in [2.75, 3.05) is 13.2 Å². The topological polar surface area (TPSA) is 21.3 Å². The molecule has 2 nitrogen and oxygen atoms in total. The summed E-state index contributed by atoms with van der Waals surface area (Å²) in [6, 6.07) is 0.404. The second-order valence-corrected chi connectivity index (χ2v) is 4.20. The van der Waals surface area contributed by atoms with Gasteiger partial charge in [0.2, 0.25) is 0 Å². The number of hydrogen-bond donors (Lipinski definition) is 1. The Bertz CT molecular complexity index is 138. The Hall–Kier alpha value is -0.340. The molecule has 0 bridgehead atoms. The molecule has 0 saturated heterocycles. The average Bonchev–Trinajstić information content (AvgIpc) is 2.00. The Morgan fingerprint density at radius 3 is 2.46 bits per heavy atom. The average molecular weight is 185 g/mol. The van der Waals surface area contributed by atoms with Crippen molar-refractivity contribution in [1.82, 2.24) is 5.32 Å². The number of hydrogen-bond acceptors (Lipinski definition) is 2. The molecule has 0 spiro atoms. The van der Waals surface area contributed by atoms with Gasteiger partial charge in [0.15, 0.2) is 0 Å². The predicted molar refractivity (Wildman–Crippen MR) is 58.0 cm³/mol. The van der Waals surface area contributed by atoms with Gasteiger partial charge in [-0.05, 0) is 33.7 Å². The van der Waals surface area contributed by atoms with Gasteiger partial charge < -0.3 is 10.1 Å². The van der Waals surface area contributed by atoms with Gasteiger partial charge in [0.25, 0.3) is 0 Å². The highest BCUT2D eigenvalue weighted by molar-refractivity contribution is 4.78. The van der Waals surface area contributed by atoms with E-state index >= 15 is 0 Å². The fraction of sp³-hybridized carbons (Fsp3) is 0.818. The highest BCUT2D eigenvalue weighted by Crippen LogP contribution is 2.08. The van der Waals surface area contributed by atoms with Gasteiger partial charge in [0.1, 0.15) is 0 Å². The van der Waals surface area contributed by atoms with Gasteiger partial charge >= 0.3 is 0 Å². The van der Waals surface area contributed by atoms with Gasteiger partial charge in [-0.2, -0.15) is 0 Å².